The van der Waals surface area contributed by atoms with Crippen LogP contribution in [0, 0.1) is 5.41 Å². The van der Waals surface area contributed by atoms with E-state index in [0.29, 0.717) is 0 Å². The molecule has 8 heteroatoms. The molecule has 2 heterocycles. The third-order valence-electron chi connectivity index (χ3n) is 4.76. The van der Waals surface area contributed by atoms with Crippen LogP contribution < -0.4 is 10.6 Å². The normalized spacial score (nSPS) is 26.7. The van der Waals surface area contributed by atoms with Crippen molar-refractivity contribution >= 4 is 17.7 Å². The first kappa shape index (κ1) is 22.6. The van der Waals surface area contributed by atoms with Crippen LogP contribution in [0.4, 0.5) is 0 Å². The van der Waals surface area contributed by atoms with Crippen molar-refractivity contribution in [3.05, 3.63) is 0 Å². The minimum absolute atomic E-state index is 0.0326. The molecule has 0 aliphatic carbocycles. The second-order valence-corrected chi connectivity index (χ2v) is 10.1. The van der Waals surface area contributed by atoms with Crippen molar-refractivity contribution in [2.75, 3.05) is 13.1 Å². The first-order valence-corrected chi connectivity index (χ1v) is 9.82. The largest absolute Gasteiger partial charge is 0.349 e. The predicted octanol–water partition coefficient (Wildman–Crippen LogP) is 1.18. The molecule has 28 heavy (non-hydrogen) atoms. The van der Waals surface area contributed by atoms with Gasteiger partial charge in [0.15, 0.2) is 5.79 Å². The molecule has 0 saturated carbocycles. The van der Waals surface area contributed by atoms with Gasteiger partial charge in [-0.2, -0.15) is 0 Å². The van der Waals surface area contributed by atoms with Gasteiger partial charge in [0.25, 0.3) is 0 Å². The fourth-order valence-corrected chi connectivity index (χ4v) is 4.38. The summed E-state index contributed by atoms with van der Waals surface area (Å²) < 4.78 is 11.8. The molecule has 0 aromatic rings. The van der Waals surface area contributed by atoms with Crippen molar-refractivity contribution < 1.29 is 23.9 Å². The summed E-state index contributed by atoms with van der Waals surface area (Å²) in [5.41, 5.74) is -0.417. The Hall–Kier alpha value is -1.67. The van der Waals surface area contributed by atoms with Crippen LogP contribution in [0.5, 0.6) is 0 Å². The number of likely N-dealkylation sites (tertiary alicyclic amines) is 1. The number of fused-ring (bicyclic) bond motifs is 1. The predicted molar refractivity (Wildman–Crippen MR) is 104 cm³/mol. The average Bonchev–Trinajstić information content (AvgIpc) is 2.92. The Kier molecular flexibility index (Phi) is 6.16. The number of ether oxygens (including phenoxy) is 2. The van der Waals surface area contributed by atoms with Crippen molar-refractivity contribution in [1.82, 2.24) is 15.5 Å². The van der Waals surface area contributed by atoms with Crippen LogP contribution in [0.1, 0.15) is 61.8 Å². The van der Waals surface area contributed by atoms with Gasteiger partial charge >= 0.3 is 0 Å². The Bertz CT molecular complexity index is 638. The Morgan fingerprint density at radius 2 is 1.71 bits per heavy atom. The van der Waals surface area contributed by atoms with E-state index in [4.69, 9.17) is 9.47 Å². The van der Waals surface area contributed by atoms with Crippen LogP contribution in [0.2, 0.25) is 0 Å². The monoisotopic (exact) mass is 397 g/mol. The van der Waals surface area contributed by atoms with Gasteiger partial charge in [-0.3, -0.25) is 14.4 Å². The van der Waals surface area contributed by atoms with Crippen molar-refractivity contribution in [1.29, 1.82) is 0 Å². The first-order valence-electron chi connectivity index (χ1n) is 9.82. The zero-order valence-corrected chi connectivity index (χ0v) is 18.3. The summed E-state index contributed by atoms with van der Waals surface area (Å²) >= 11 is 0. The molecule has 2 rings (SSSR count). The average molecular weight is 398 g/mol. The van der Waals surface area contributed by atoms with Crippen LogP contribution in [0.3, 0.4) is 0 Å². The van der Waals surface area contributed by atoms with Gasteiger partial charge in [-0.25, -0.2) is 0 Å². The van der Waals surface area contributed by atoms with Crippen LogP contribution in [-0.2, 0) is 23.9 Å². The highest BCUT2D eigenvalue weighted by Crippen LogP contribution is 2.37. The number of carbonyl (C=O) groups is 3. The van der Waals surface area contributed by atoms with Crippen molar-refractivity contribution in [2.45, 2.75) is 91.4 Å². The maximum Gasteiger partial charge on any atom is 0.246 e. The van der Waals surface area contributed by atoms with Gasteiger partial charge in [-0.15, -0.1) is 0 Å². The van der Waals surface area contributed by atoms with Gasteiger partial charge in [-0.05, 0) is 39.5 Å². The highest BCUT2D eigenvalue weighted by atomic mass is 16.8. The molecule has 2 aliphatic rings. The molecule has 2 saturated heterocycles. The Labute approximate surface area is 167 Å². The highest BCUT2D eigenvalue weighted by Gasteiger charge is 2.56. The molecule has 0 spiro atoms. The quantitative estimate of drug-likeness (QED) is 0.726. The summed E-state index contributed by atoms with van der Waals surface area (Å²) in [6, 6.07) is -0.799. The Morgan fingerprint density at radius 1 is 1.11 bits per heavy atom. The van der Waals surface area contributed by atoms with Crippen molar-refractivity contribution in [3.63, 3.8) is 0 Å². The molecule has 2 N–H and O–H groups in total. The fourth-order valence-electron chi connectivity index (χ4n) is 4.38. The molecule has 8 nitrogen and oxygen atoms in total. The van der Waals surface area contributed by atoms with Gasteiger partial charge < -0.3 is 25.0 Å². The third kappa shape index (κ3) is 5.67. The molecule has 160 valence electrons. The number of amides is 3. The van der Waals surface area contributed by atoms with Crippen molar-refractivity contribution in [2.24, 2.45) is 5.41 Å². The molecule has 3 amide bonds. The lowest BCUT2D eigenvalue weighted by Gasteiger charge is -2.36. The van der Waals surface area contributed by atoms with E-state index in [-0.39, 0.29) is 42.3 Å². The van der Waals surface area contributed by atoms with E-state index in [2.05, 4.69) is 31.4 Å². The van der Waals surface area contributed by atoms with E-state index >= 15 is 0 Å². The maximum absolute atomic E-state index is 13.2. The SMILES string of the molecule is CC(=O)NCC(=O)N1C[C@@H]2OC(C)(C)O[C@@H]2[C@H]1C(=O)NC(C)(C)CC(C)(C)C. The van der Waals surface area contributed by atoms with Gasteiger partial charge in [-0.1, -0.05) is 20.8 Å². The van der Waals surface area contributed by atoms with E-state index in [1.54, 1.807) is 13.8 Å². The second-order valence-electron chi connectivity index (χ2n) is 10.1. The molecule has 0 bridgehead atoms. The maximum atomic E-state index is 13.2. The zero-order chi connectivity index (χ0) is 21.5. The van der Waals surface area contributed by atoms with Gasteiger partial charge in [0.1, 0.15) is 18.2 Å². The minimum Gasteiger partial charge on any atom is -0.349 e. The van der Waals surface area contributed by atoms with Gasteiger partial charge in [0, 0.05) is 12.5 Å². The summed E-state index contributed by atoms with van der Waals surface area (Å²) in [6.07, 6.45) is -0.144. The van der Waals surface area contributed by atoms with Crippen LogP contribution in [-0.4, -0.2) is 65.3 Å². The summed E-state index contributed by atoms with van der Waals surface area (Å²) in [5, 5.41) is 5.59. The molecule has 2 aliphatic heterocycles. The molecule has 0 aromatic heterocycles. The summed E-state index contributed by atoms with van der Waals surface area (Å²) in [7, 11) is 0. The van der Waals surface area contributed by atoms with Crippen LogP contribution in [0.15, 0.2) is 0 Å². The molecular weight excluding hydrogens is 362 g/mol. The van der Waals surface area contributed by atoms with E-state index in [9.17, 15) is 14.4 Å². The molecular formula is C20H35N3O5. The van der Waals surface area contributed by atoms with E-state index < -0.39 is 23.5 Å². The van der Waals surface area contributed by atoms with Gasteiger partial charge in [0.05, 0.1) is 13.1 Å². The number of rotatable bonds is 5. The molecule has 0 radical (unpaired) electrons. The number of hydrogen-bond acceptors (Lipinski definition) is 5. The number of carbonyl (C=O) groups excluding carboxylic acids is 3. The summed E-state index contributed by atoms with van der Waals surface area (Å²) in [4.78, 5) is 38.5. The number of nitrogens with zero attached hydrogens (tertiary/aromatic N) is 1. The number of nitrogens with one attached hydrogen (secondary N) is 2. The van der Waals surface area contributed by atoms with Crippen LogP contribution in [0.25, 0.3) is 0 Å². The van der Waals surface area contributed by atoms with Crippen LogP contribution >= 0.6 is 0 Å². The Balaban J connectivity index is 2.20. The van der Waals surface area contributed by atoms with E-state index in [1.807, 2.05) is 13.8 Å². The smallest absolute Gasteiger partial charge is 0.246 e. The Morgan fingerprint density at radius 3 is 2.25 bits per heavy atom. The molecule has 2 fully saturated rings. The lowest BCUT2D eigenvalue weighted by Crippen LogP contribution is -2.57. The number of hydrogen-bond donors (Lipinski definition) is 2. The second kappa shape index (κ2) is 7.63. The van der Waals surface area contributed by atoms with E-state index in [0.717, 1.165) is 6.42 Å². The lowest BCUT2D eigenvalue weighted by atomic mass is 9.81. The zero-order valence-electron chi connectivity index (χ0n) is 18.3. The minimum atomic E-state index is -0.804. The third-order valence-corrected chi connectivity index (χ3v) is 4.76. The topological polar surface area (TPSA) is 97.0 Å². The van der Waals surface area contributed by atoms with Gasteiger partial charge in [0.2, 0.25) is 17.7 Å². The summed E-state index contributed by atoms with van der Waals surface area (Å²) in [6.45, 7) is 15.3. The molecule has 3 atom stereocenters. The lowest BCUT2D eigenvalue weighted by molar-refractivity contribution is -0.170. The molecule has 0 unspecified atom stereocenters. The standard InChI is InChI=1S/C20H35N3O5/c1-12(24)21-9-14(25)23-10-13-16(28-20(7,8)27-13)15(23)17(26)22-19(5,6)11-18(2,3)4/h13,15-16H,9-11H2,1-8H3,(H,21,24)(H,22,26)/t13-,15-,16-/m0/s1. The fraction of sp³-hybridized carbons (Fsp3) is 0.850. The summed E-state index contributed by atoms with van der Waals surface area (Å²) in [5.74, 6) is -1.70. The van der Waals surface area contributed by atoms with E-state index in [1.165, 1.54) is 11.8 Å². The highest BCUT2D eigenvalue weighted by molar-refractivity contribution is 5.91. The molecule has 0 aromatic carbocycles. The van der Waals surface area contributed by atoms with Crippen molar-refractivity contribution in [3.8, 4) is 0 Å². The first-order chi connectivity index (χ1) is 12.6.